The lowest BCUT2D eigenvalue weighted by molar-refractivity contribution is -0.115. The molecular weight excluding hydrogens is 428 g/mol. The van der Waals surface area contributed by atoms with E-state index in [1.54, 1.807) is 42.9 Å². The van der Waals surface area contributed by atoms with Gasteiger partial charge in [-0.2, -0.15) is 0 Å². The van der Waals surface area contributed by atoms with Crippen LogP contribution in [-0.4, -0.2) is 21.2 Å². The molecular formula is C27H26N4O3. The van der Waals surface area contributed by atoms with Crippen molar-refractivity contribution in [1.82, 2.24) is 9.36 Å². The first kappa shape index (κ1) is 22.8. The fourth-order valence-corrected chi connectivity index (χ4v) is 3.82. The van der Waals surface area contributed by atoms with Gasteiger partial charge in [0.1, 0.15) is 5.69 Å². The Bertz CT molecular complexity index is 1420. The Balaban J connectivity index is 1.52. The largest absolute Gasteiger partial charge is 0.326 e. The van der Waals surface area contributed by atoms with Crippen LogP contribution in [0.4, 0.5) is 11.4 Å². The molecule has 0 unspecified atom stereocenters. The second-order valence-electron chi connectivity index (χ2n) is 8.12. The highest BCUT2D eigenvalue weighted by Crippen LogP contribution is 2.17. The average Bonchev–Trinajstić information content (AvgIpc) is 3.04. The summed E-state index contributed by atoms with van der Waals surface area (Å²) in [5.41, 5.74) is 4.07. The number of aryl methyl sites for hydroxylation is 1. The Morgan fingerprint density at radius 3 is 2.29 bits per heavy atom. The zero-order valence-electron chi connectivity index (χ0n) is 19.3. The minimum absolute atomic E-state index is 0.170. The average molecular weight is 455 g/mol. The molecule has 0 saturated heterocycles. The number of carbonyl (C=O) groups is 2. The molecule has 1 aromatic heterocycles. The minimum atomic E-state index is -0.430. The van der Waals surface area contributed by atoms with Crippen molar-refractivity contribution in [3.05, 3.63) is 112 Å². The summed E-state index contributed by atoms with van der Waals surface area (Å²) in [6.45, 7) is 3.74. The Hall–Kier alpha value is -4.39. The predicted octanol–water partition coefficient (Wildman–Crippen LogP) is 4.23. The van der Waals surface area contributed by atoms with Crippen LogP contribution in [0.3, 0.4) is 0 Å². The molecule has 0 aliphatic rings. The van der Waals surface area contributed by atoms with Crippen LogP contribution in [0.1, 0.15) is 27.2 Å². The SMILES string of the molecule is Cc1ccccc1CC(=O)Nc1cccc(C(=O)Nc2c(C)n(C)n(-c3ccccc3)c2=O)c1. The molecule has 2 N–H and O–H groups in total. The lowest BCUT2D eigenvalue weighted by Gasteiger charge is -2.09. The number of amides is 2. The number of aromatic nitrogens is 2. The summed E-state index contributed by atoms with van der Waals surface area (Å²) in [7, 11) is 1.77. The first-order chi connectivity index (χ1) is 16.3. The van der Waals surface area contributed by atoms with Crippen LogP contribution in [0.5, 0.6) is 0 Å². The molecule has 0 bridgehead atoms. The first-order valence-electron chi connectivity index (χ1n) is 10.9. The summed E-state index contributed by atoms with van der Waals surface area (Å²) in [4.78, 5) is 38.5. The fraction of sp³-hybridized carbons (Fsp3) is 0.148. The highest BCUT2D eigenvalue weighted by atomic mass is 16.2. The molecule has 0 radical (unpaired) electrons. The van der Waals surface area contributed by atoms with E-state index in [4.69, 9.17) is 0 Å². The molecule has 7 nitrogen and oxygen atoms in total. The van der Waals surface area contributed by atoms with Gasteiger partial charge in [-0.15, -0.1) is 0 Å². The quantitative estimate of drug-likeness (QED) is 0.457. The molecule has 0 atom stereocenters. The van der Waals surface area contributed by atoms with E-state index in [9.17, 15) is 14.4 Å². The summed E-state index contributed by atoms with van der Waals surface area (Å²) < 4.78 is 3.21. The van der Waals surface area contributed by atoms with Crippen molar-refractivity contribution in [2.75, 3.05) is 10.6 Å². The van der Waals surface area contributed by atoms with E-state index in [2.05, 4.69) is 10.6 Å². The molecule has 0 aliphatic heterocycles. The Labute approximate surface area is 197 Å². The molecule has 7 heteroatoms. The van der Waals surface area contributed by atoms with Crippen molar-refractivity contribution in [1.29, 1.82) is 0 Å². The maximum atomic E-state index is 13.1. The maximum Gasteiger partial charge on any atom is 0.295 e. The van der Waals surface area contributed by atoms with E-state index in [0.717, 1.165) is 11.1 Å². The van der Waals surface area contributed by atoms with Crippen molar-refractivity contribution < 1.29 is 9.59 Å². The van der Waals surface area contributed by atoms with Crippen LogP contribution in [-0.2, 0) is 18.3 Å². The minimum Gasteiger partial charge on any atom is -0.326 e. The van der Waals surface area contributed by atoms with E-state index in [0.29, 0.717) is 22.6 Å². The Morgan fingerprint density at radius 1 is 0.853 bits per heavy atom. The number of anilines is 2. The molecule has 1 heterocycles. The second-order valence-corrected chi connectivity index (χ2v) is 8.12. The van der Waals surface area contributed by atoms with Crippen molar-refractivity contribution in [2.24, 2.45) is 7.05 Å². The summed E-state index contributed by atoms with van der Waals surface area (Å²) >= 11 is 0. The van der Waals surface area contributed by atoms with Gasteiger partial charge in [-0.3, -0.25) is 19.1 Å². The molecule has 0 aliphatic carbocycles. The van der Waals surface area contributed by atoms with Crippen LogP contribution in [0.15, 0.2) is 83.7 Å². The van der Waals surface area contributed by atoms with Crippen molar-refractivity contribution in [3.8, 4) is 5.69 Å². The van der Waals surface area contributed by atoms with Crippen LogP contribution in [0.2, 0.25) is 0 Å². The fourth-order valence-electron chi connectivity index (χ4n) is 3.82. The first-order valence-corrected chi connectivity index (χ1v) is 10.9. The summed E-state index contributed by atoms with van der Waals surface area (Å²) in [5.74, 6) is -0.600. The third kappa shape index (κ3) is 4.68. The van der Waals surface area contributed by atoms with Crippen molar-refractivity contribution >= 4 is 23.2 Å². The molecule has 2 amide bonds. The number of hydrogen-bond donors (Lipinski definition) is 2. The van der Waals surface area contributed by atoms with Gasteiger partial charge in [0.25, 0.3) is 11.5 Å². The zero-order chi connectivity index (χ0) is 24.2. The standard InChI is InChI=1S/C27H26N4O3/c1-18-10-7-8-11-20(18)17-24(32)28-22-13-9-12-21(16-22)26(33)29-25-19(2)30(3)31(27(25)34)23-14-5-4-6-15-23/h4-16H,17H2,1-3H3,(H,28,32)(H,29,33). The van der Waals surface area contributed by atoms with Gasteiger partial charge < -0.3 is 10.6 Å². The smallest absolute Gasteiger partial charge is 0.295 e. The van der Waals surface area contributed by atoms with Crippen LogP contribution in [0, 0.1) is 13.8 Å². The van der Waals surface area contributed by atoms with Gasteiger partial charge in [-0.1, -0.05) is 48.5 Å². The molecule has 34 heavy (non-hydrogen) atoms. The normalized spacial score (nSPS) is 10.7. The molecule has 0 fully saturated rings. The summed E-state index contributed by atoms with van der Waals surface area (Å²) in [5, 5.41) is 5.59. The monoisotopic (exact) mass is 454 g/mol. The van der Waals surface area contributed by atoms with Crippen LogP contribution in [0.25, 0.3) is 5.69 Å². The van der Waals surface area contributed by atoms with Gasteiger partial charge >= 0.3 is 0 Å². The third-order valence-electron chi connectivity index (χ3n) is 5.81. The molecule has 4 rings (SSSR count). The van der Waals surface area contributed by atoms with Crippen LogP contribution < -0.4 is 16.2 Å². The van der Waals surface area contributed by atoms with Gasteiger partial charge in [-0.05, 0) is 55.3 Å². The summed E-state index contributed by atoms with van der Waals surface area (Å²) in [6, 6.07) is 23.6. The molecule has 0 spiro atoms. The highest BCUT2D eigenvalue weighted by molar-refractivity contribution is 6.05. The predicted molar refractivity (Wildman–Crippen MR) is 134 cm³/mol. The maximum absolute atomic E-state index is 13.1. The van der Waals surface area contributed by atoms with E-state index in [-0.39, 0.29) is 23.6 Å². The van der Waals surface area contributed by atoms with Crippen LogP contribution >= 0.6 is 0 Å². The molecule has 0 saturated carbocycles. The zero-order valence-corrected chi connectivity index (χ0v) is 19.3. The number of rotatable bonds is 6. The molecule has 172 valence electrons. The summed E-state index contributed by atoms with van der Waals surface area (Å²) in [6.07, 6.45) is 0.241. The van der Waals surface area contributed by atoms with E-state index in [1.165, 1.54) is 4.68 Å². The Morgan fingerprint density at radius 2 is 1.56 bits per heavy atom. The van der Waals surface area contributed by atoms with Gasteiger partial charge in [-0.25, -0.2) is 4.68 Å². The molecule has 3 aromatic carbocycles. The number of para-hydroxylation sites is 1. The molecule has 4 aromatic rings. The van der Waals surface area contributed by atoms with E-state index >= 15 is 0 Å². The number of benzene rings is 3. The number of nitrogens with one attached hydrogen (secondary N) is 2. The van der Waals surface area contributed by atoms with Gasteiger partial charge in [0.2, 0.25) is 5.91 Å². The van der Waals surface area contributed by atoms with Gasteiger partial charge in [0.05, 0.1) is 17.8 Å². The van der Waals surface area contributed by atoms with E-state index < -0.39 is 5.91 Å². The van der Waals surface area contributed by atoms with Crippen molar-refractivity contribution in [2.45, 2.75) is 20.3 Å². The topological polar surface area (TPSA) is 85.1 Å². The number of nitrogens with zero attached hydrogens (tertiary/aromatic N) is 2. The second kappa shape index (κ2) is 9.62. The van der Waals surface area contributed by atoms with Gasteiger partial charge in [0.15, 0.2) is 0 Å². The lowest BCUT2D eigenvalue weighted by atomic mass is 10.1. The van der Waals surface area contributed by atoms with Gasteiger partial charge in [0, 0.05) is 18.3 Å². The Kier molecular flexibility index (Phi) is 6.45. The number of carbonyl (C=O) groups excluding carboxylic acids is 2. The third-order valence-corrected chi connectivity index (χ3v) is 5.81. The van der Waals surface area contributed by atoms with E-state index in [1.807, 2.05) is 61.5 Å². The highest BCUT2D eigenvalue weighted by Gasteiger charge is 2.19. The van der Waals surface area contributed by atoms with Crippen molar-refractivity contribution in [3.63, 3.8) is 0 Å². The number of hydrogen-bond acceptors (Lipinski definition) is 3. The lowest BCUT2D eigenvalue weighted by Crippen LogP contribution is -2.23.